The number of fused-ring (bicyclic) bond motifs is 1. The SMILES string of the molecule is COC1CCN(C(/C=C(\N)c2ccccc2O)=C(N)N)CC1c1ccc(C(=O)N2CCC(F)(CN3CCC(n4ccc5cc(N6CCC(=O)NC6=O)ccc54)CC3)CC2)cc1. The lowest BCUT2D eigenvalue weighted by Gasteiger charge is -2.41. The van der Waals surface area contributed by atoms with E-state index in [1.54, 1.807) is 47.3 Å². The molecule has 1 aromatic heterocycles. The number of rotatable bonds is 10. The Bertz CT molecular complexity index is 2320. The van der Waals surface area contributed by atoms with Crippen LogP contribution in [0, 0.1) is 0 Å². The molecule has 4 aliphatic rings. The second kappa shape index (κ2) is 17.5. The number of urea groups is 1. The fourth-order valence-corrected chi connectivity index (χ4v) is 9.58. The fourth-order valence-electron chi connectivity index (χ4n) is 9.58. The summed E-state index contributed by atoms with van der Waals surface area (Å²) in [6, 6.07) is 22.4. The Labute approximate surface area is 355 Å². The number of anilines is 1. The van der Waals surface area contributed by atoms with Gasteiger partial charge in [0.05, 0.1) is 11.8 Å². The lowest BCUT2D eigenvalue weighted by molar-refractivity contribution is -0.120. The van der Waals surface area contributed by atoms with Crippen molar-refractivity contribution in [2.24, 2.45) is 17.2 Å². The van der Waals surface area contributed by atoms with E-state index in [2.05, 4.69) is 31.9 Å². The molecule has 8 rings (SSSR count). The highest BCUT2D eigenvalue weighted by Gasteiger charge is 2.39. The molecule has 8 N–H and O–H groups in total. The summed E-state index contributed by atoms with van der Waals surface area (Å²) >= 11 is 0. The molecule has 4 fully saturated rings. The third kappa shape index (κ3) is 8.89. The number of amides is 4. The highest BCUT2D eigenvalue weighted by Crippen LogP contribution is 2.36. The number of nitrogens with one attached hydrogen (secondary N) is 1. The highest BCUT2D eigenvalue weighted by atomic mass is 19.1. The molecular weight excluding hydrogens is 778 g/mol. The topological polar surface area (TPSA) is 189 Å². The van der Waals surface area contributed by atoms with Crippen LogP contribution in [0.3, 0.4) is 0 Å². The number of benzene rings is 3. The molecule has 14 nitrogen and oxygen atoms in total. The number of hydrogen-bond acceptors (Lipinski definition) is 10. The van der Waals surface area contributed by atoms with E-state index < -0.39 is 11.7 Å². The summed E-state index contributed by atoms with van der Waals surface area (Å²) in [5.74, 6) is -0.231. The van der Waals surface area contributed by atoms with Gasteiger partial charge in [0.1, 0.15) is 17.2 Å². The maximum absolute atomic E-state index is 16.4. The number of halogens is 1. The van der Waals surface area contributed by atoms with Crippen LogP contribution < -0.4 is 27.4 Å². The van der Waals surface area contributed by atoms with E-state index >= 15 is 4.39 Å². The minimum absolute atomic E-state index is 0.0507. The van der Waals surface area contributed by atoms with Crippen LogP contribution in [-0.2, 0) is 9.53 Å². The lowest BCUT2D eigenvalue weighted by Crippen LogP contribution is -2.51. The Morgan fingerprint density at radius 2 is 1.66 bits per heavy atom. The Hall–Kier alpha value is -6.06. The molecule has 0 radical (unpaired) electrons. The zero-order valence-corrected chi connectivity index (χ0v) is 34.6. The number of likely N-dealkylation sites (tertiary alicyclic amines) is 3. The molecule has 61 heavy (non-hydrogen) atoms. The molecule has 2 unspecified atom stereocenters. The van der Waals surface area contributed by atoms with Crippen LogP contribution in [0.5, 0.6) is 5.75 Å². The number of imide groups is 1. The predicted molar refractivity (Wildman–Crippen MR) is 233 cm³/mol. The smallest absolute Gasteiger partial charge is 0.328 e. The van der Waals surface area contributed by atoms with E-state index in [-0.39, 0.29) is 47.9 Å². The van der Waals surface area contributed by atoms with E-state index in [1.807, 2.05) is 42.5 Å². The van der Waals surface area contributed by atoms with Crippen molar-refractivity contribution in [3.05, 3.63) is 113 Å². The molecule has 0 saturated carbocycles. The maximum atomic E-state index is 16.4. The zero-order valence-electron chi connectivity index (χ0n) is 34.6. The van der Waals surface area contributed by atoms with Gasteiger partial charge in [0.2, 0.25) is 5.91 Å². The number of piperidine rings is 3. The van der Waals surface area contributed by atoms with Crippen molar-refractivity contribution in [2.45, 2.75) is 62.3 Å². The van der Waals surface area contributed by atoms with Gasteiger partial charge in [-0.25, -0.2) is 9.18 Å². The van der Waals surface area contributed by atoms with Gasteiger partial charge in [0, 0.05) is 130 Å². The van der Waals surface area contributed by atoms with E-state index in [9.17, 15) is 19.5 Å². The summed E-state index contributed by atoms with van der Waals surface area (Å²) in [5.41, 5.74) is 22.2. The molecule has 4 amide bonds. The van der Waals surface area contributed by atoms with Gasteiger partial charge < -0.3 is 46.3 Å². The lowest BCUT2D eigenvalue weighted by atomic mass is 9.86. The molecule has 4 saturated heterocycles. The summed E-state index contributed by atoms with van der Waals surface area (Å²) in [4.78, 5) is 45.3. The summed E-state index contributed by atoms with van der Waals surface area (Å²) in [6.07, 6.45) is 7.08. The summed E-state index contributed by atoms with van der Waals surface area (Å²) in [5, 5.41) is 13.8. The molecule has 322 valence electrons. The number of nitrogens with zero attached hydrogens (tertiary/aromatic N) is 5. The maximum Gasteiger partial charge on any atom is 0.328 e. The van der Waals surface area contributed by atoms with E-state index in [4.69, 9.17) is 21.9 Å². The first-order chi connectivity index (χ1) is 29.4. The average Bonchev–Trinajstić information content (AvgIpc) is 3.69. The minimum Gasteiger partial charge on any atom is -0.507 e. The molecule has 0 bridgehead atoms. The van der Waals surface area contributed by atoms with Crippen LogP contribution >= 0.6 is 0 Å². The van der Waals surface area contributed by atoms with Gasteiger partial charge in [-0.3, -0.25) is 19.8 Å². The molecular formula is C46H56FN9O5. The Morgan fingerprint density at radius 3 is 2.34 bits per heavy atom. The second-order valence-electron chi connectivity index (χ2n) is 16.9. The van der Waals surface area contributed by atoms with Gasteiger partial charge in [0.15, 0.2) is 0 Å². The number of alkyl halides is 1. The van der Waals surface area contributed by atoms with Crippen LogP contribution in [-0.4, -0.2) is 113 Å². The van der Waals surface area contributed by atoms with Crippen molar-refractivity contribution in [3.63, 3.8) is 0 Å². The normalized spacial score (nSPS) is 21.7. The van der Waals surface area contributed by atoms with Crippen molar-refractivity contribution in [3.8, 4) is 5.75 Å². The van der Waals surface area contributed by atoms with Gasteiger partial charge in [0.25, 0.3) is 5.91 Å². The first-order valence-corrected chi connectivity index (χ1v) is 21.2. The molecule has 3 aromatic carbocycles. The number of nitrogens with two attached hydrogens (primary N) is 3. The molecule has 0 spiro atoms. The standard InChI is InChI=1S/C46H56FN9O5/c1-61-41-15-21-54(39(43(49)50)27-37(48)35-4-2-3-5-40(35)57)28-36(41)30-6-8-31(9-7-30)44(59)53-24-17-46(47,18-25-53)29-52-19-13-33(14-20-52)55-22-12-32-26-34(10-11-38(32)55)56-23-16-42(58)51-45(56)60/h2-12,22,26-27,33,36,41,57H,13-21,23-25,28-29,48-50H2,1H3,(H,51,58,60)/b37-27-. The van der Waals surface area contributed by atoms with E-state index in [0.29, 0.717) is 81.1 Å². The summed E-state index contributed by atoms with van der Waals surface area (Å²) in [6.45, 7) is 4.18. The third-order valence-electron chi connectivity index (χ3n) is 13.1. The van der Waals surface area contributed by atoms with Crippen molar-refractivity contribution in [1.29, 1.82) is 0 Å². The number of carbonyl (C=O) groups is 3. The molecule has 4 aromatic rings. The number of phenols is 1. The molecule has 4 aliphatic heterocycles. The third-order valence-corrected chi connectivity index (χ3v) is 13.1. The number of methoxy groups -OCH3 is 1. The number of allylic oxidation sites excluding steroid dienone is 1. The molecule has 2 atom stereocenters. The summed E-state index contributed by atoms with van der Waals surface area (Å²) < 4.78 is 24.6. The number of hydrogen-bond donors (Lipinski definition) is 5. The van der Waals surface area contributed by atoms with Crippen LogP contribution in [0.1, 0.15) is 72.0 Å². The fraction of sp³-hybridized carbons (Fsp3) is 0.413. The van der Waals surface area contributed by atoms with Crippen LogP contribution in [0.25, 0.3) is 16.6 Å². The molecule has 5 heterocycles. The van der Waals surface area contributed by atoms with Crippen LogP contribution in [0.4, 0.5) is 14.9 Å². The van der Waals surface area contributed by atoms with Crippen LogP contribution in [0.2, 0.25) is 0 Å². The van der Waals surface area contributed by atoms with E-state index in [1.165, 1.54) is 0 Å². The molecule has 15 heteroatoms. The van der Waals surface area contributed by atoms with Crippen molar-refractivity contribution < 1.29 is 28.6 Å². The number of phenolic OH excluding ortho intramolecular Hbond substituents is 1. The number of para-hydroxylation sites is 1. The van der Waals surface area contributed by atoms with E-state index in [0.717, 1.165) is 48.1 Å². The molecule has 0 aliphatic carbocycles. The summed E-state index contributed by atoms with van der Waals surface area (Å²) in [7, 11) is 1.70. The van der Waals surface area contributed by atoms with Crippen LogP contribution in [0.15, 0.2) is 96.6 Å². The van der Waals surface area contributed by atoms with Gasteiger partial charge in [-0.15, -0.1) is 0 Å². The number of aromatic hydroxyl groups is 1. The Morgan fingerprint density at radius 1 is 0.918 bits per heavy atom. The highest BCUT2D eigenvalue weighted by molar-refractivity contribution is 6.06. The average molecular weight is 834 g/mol. The van der Waals surface area contributed by atoms with Gasteiger partial charge >= 0.3 is 6.03 Å². The Kier molecular flexibility index (Phi) is 12.0. The van der Waals surface area contributed by atoms with Gasteiger partial charge in [-0.2, -0.15) is 0 Å². The number of carbonyl (C=O) groups excluding carboxylic acids is 3. The predicted octanol–water partition coefficient (Wildman–Crippen LogP) is 4.97. The van der Waals surface area contributed by atoms with Crippen molar-refractivity contribution in [1.82, 2.24) is 24.6 Å². The first-order valence-electron chi connectivity index (χ1n) is 21.2. The monoisotopic (exact) mass is 833 g/mol. The zero-order chi connectivity index (χ0) is 42.8. The van der Waals surface area contributed by atoms with Crippen molar-refractivity contribution in [2.75, 3.05) is 64.4 Å². The van der Waals surface area contributed by atoms with Gasteiger partial charge in [-0.05, 0) is 79.4 Å². The Balaban J connectivity index is 0.838. The minimum atomic E-state index is -1.36. The largest absolute Gasteiger partial charge is 0.507 e. The van der Waals surface area contributed by atoms with Gasteiger partial charge in [-0.1, -0.05) is 24.3 Å². The number of aromatic nitrogens is 1. The second-order valence-corrected chi connectivity index (χ2v) is 16.9. The number of ether oxygens (including phenoxy) is 1. The van der Waals surface area contributed by atoms with Crippen molar-refractivity contribution >= 4 is 40.1 Å². The first kappa shape index (κ1) is 41.7. The quantitative estimate of drug-likeness (QED) is 0.137.